The Labute approximate surface area is 172 Å². The Morgan fingerprint density at radius 3 is 2.32 bits per heavy atom. The van der Waals surface area contributed by atoms with E-state index >= 15 is 0 Å². The van der Waals surface area contributed by atoms with E-state index in [1.165, 1.54) is 11.3 Å². The maximum absolute atomic E-state index is 12.3. The summed E-state index contributed by atoms with van der Waals surface area (Å²) in [5, 5.41) is 2.65. The molecule has 0 unspecified atom stereocenters. The van der Waals surface area contributed by atoms with Crippen LogP contribution in [0.2, 0.25) is 4.34 Å². The van der Waals surface area contributed by atoms with Crippen molar-refractivity contribution in [3.8, 4) is 11.5 Å². The number of hydrogen-bond donors (Lipinski definition) is 1. The first kappa shape index (κ1) is 19.9. The smallest absolute Gasteiger partial charge is 0.251 e. The van der Waals surface area contributed by atoms with E-state index in [9.17, 15) is 9.59 Å². The first-order valence-electron chi connectivity index (χ1n) is 8.60. The first-order valence-corrected chi connectivity index (χ1v) is 9.80. The van der Waals surface area contributed by atoms with E-state index in [0.29, 0.717) is 22.2 Å². The maximum atomic E-state index is 12.3. The summed E-state index contributed by atoms with van der Waals surface area (Å²) < 4.78 is 6.38. The Morgan fingerprint density at radius 2 is 1.68 bits per heavy atom. The lowest BCUT2D eigenvalue weighted by atomic mass is 10.2. The molecular formula is C21H19ClN2O3S. The zero-order chi connectivity index (χ0) is 19.9. The molecule has 0 radical (unpaired) electrons. The molecule has 1 heterocycles. The van der Waals surface area contributed by atoms with Gasteiger partial charge in [0.05, 0.1) is 17.4 Å². The Kier molecular flexibility index (Phi) is 6.68. The second-order valence-electron chi connectivity index (χ2n) is 6.08. The van der Waals surface area contributed by atoms with Gasteiger partial charge in [0.2, 0.25) is 5.91 Å². The Bertz CT molecular complexity index is 942. The van der Waals surface area contributed by atoms with Crippen LogP contribution in [0, 0.1) is 0 Å². The van der Waals surface area contributed by atoms with Crippen molar-refractivity contribution >= 4 is 34.8 Å². The van der Waals surface area contributed by atoms with Crippen LogP contribution in [-0.4, -0.2) is 30.3 Å². The Morgan fingerprint density at radius 1 is 1.00 bits per heavy atom. The summed E-state index contributed by atoms with van der Waals surface area (Å²) in [4.78, 5) is 27.0. The molecule has 0 saturated carbocycles. The third kappa shape index (κ3) is 5.58. The molecule has 3 rings (SSSR count). The van der Waals surface area contributed by atoms with Crippen molar-refractivity contribution in [3.05, 3.63) is 81.5 Å². The number of hydrogen-bond acceptors (Lipinski definition) is 4. The lowest BCUT2D eigenvalue weighted by Gasteiger charge is -2.16. The van der Waals surface area contributed by atoms with Crippen LogP contribution in [0.1, 0.15) is 15.2 Å². The predicted octanol–water partition coefficient (Wildman–Crippen LogP) is 4.58. The van der Waals surface area contributed by atoms with Crippen molar-refractivity contribution in [1.82, 2.24) is 10.2 Å². The van der Waals surface area contributed by atoms with Crippen LogP contribution in [0.4, 0.5) is 0 Å². The number of amides is 2. The molecule has 0 spiro atoms. The van der Waals surface area contributed by atoms with Crippen LogP contribution in [0.5, 0.6) is 11.5 Å². The summed E-state index contributed by atoms with van der Waals surface area (Å²) in [5.41, 5.74) is 0.459. The number of carbonyl (C=O) groups excluding carboxylic acids is 2. The van der Waals surface area contributed by atoms with Gasteiger partial charge in [0, 0.05) is 17.5 Å². The number of thiophene rings is 1. The number of carbonyl (C=O) groups is 2. The van der Waals surface area contributed by atoms with Gasteiger partial charge in [-0.3, -0.25) is 9.59 Å². The van der Waals surface area contributed by atoms with Crippen molar-refractivity contribution in [2.45, 2.75) is 6.54 Å². The fraction of sp³-hybridized carbons (Fsp3) is 0.143. The number of ether oxygens (including phenoxy) is 1. The van der Waals surface area contributed by atoms with Crippen LogP contribution in [0.25, 0.3) is 0 Å². The maximum Gasteiger partial charge on any atom is 0.251 e. The molecule has 0 bridgehead atoms. The van der Waals surface area contributed by atoms with Gasteiger partial charge in [-0.1, -0.05) is 29.8 Å². The third-order valence-corrected chi connectivity index (χ3v) is 5.16. The molecular weight excluding hydrogens is 396 g/mol. The number of rotatable bonds is 7. The molecule has 1 N–H and O–H groups in total. The average Bonchev–Trinajstić information content (AvgIpc) is 3.11. The van der Waals surface area contributed by atoms with E-state index in [4.69, 9.17) is 16.3 Å². The molecule has 7 heteroatoms. The predicted molar refractivity (Wildman–Crippen MR) is 111 cm³/mol. The SMILES string of the molecule is CN(Cc1ccc(Cl)s1)C(=O)CNC(=O)c1ccc(Oc2ccccc2)cc1. The molecule has 2 amide bonds. The summed E-state index contributed by atoms with van der Waals surface area (Å²) >= 11 is 7.33. The van der Waals surface area contributed by atoms with Crippen LogP contribution in [0.3, 0.4) is 0 Å². The second-order valence-corrected chi connectivity index (χ2v) is 7.88. The molecule has 0 aliphatic heterocycles. The minimum absolute atomic E-state index is 0.0727. The van der Waals surface area contributed by atoms with E-state index in [1.807, 2.05) is 36.4 Å². The lowest BCUT2D eigenvalue weighted by molar-refractivity contribution is -0.129. The standard InChI is InChI=1S/C21H19ClN2O3S/c1-24(14-18-11-12-19(22)28-18)20(25)13-23-21(26)15-7-9-17(10-8-15)27-16-5-3-2-4-6-16/h2-12H,13-14H2,1H3,(H,23,26). The normalized spacial score (nSPS) is 10.4. The first-order chi connectivity index (χ1) is 13.5. The zero-order valence-electron chi connectivity index (χ0n) is 15.2. The van der Waals surface area contributed by atoms with Crippen LogP contribution in [0.15, 0.2) is 66.7 Å². The molecule has 28 heavy (non-hydrogen) atoms. The number of benzene rings is 2. The topological polar surface area (TPSA) is 58.6 Å². The molecule has 2 aromatic carbocycles. The molecule has 0 aliphatic carbocycles. The van der Waals surface area contributed by atoms with Crippen molar-refractivity contribution in [1.29, 1.82) is 0 Å². The monoisotopic (exact) mass is 414 g/mol. The van der Waals surface area contributed by atoms with E-state index in [0.717, 1.165) is 10.6 Å². The van der Waals surface area contributed by atoms with Gasteiger partial charge in [0.25, 0.3) is 5.91 Å². The van der Waals surface area contributed by atoms with Gasteiger partial charge in [0.15, 0.2) is 0 Å². The number of halogens is 1. The van der Waals surface area contributed by atoms with Gasteiger partial charge in [-0.15, -0.1) is 11.3 Å². The highest BCUT2D eigenvalue weighted by Crippen LogP contribution is 2.22. The third-order valence-electron chi connectivity index (χ3n) is 3.94. The molecule has 0 aliphatic rings. The number of nitrogens with one attached hydrogen (secondary N) is 1. The highest BCUT2D eigenvalue weighted by Gasteiger charge is 2.13. The summed E-state index contributed by atoms with van der Waals surface area (Å²) in [7, 11) is 1.69. The number of likely N-dealkylation sites (N-methyl/N-ethyl adjacent to an activating group) is 1. The fourth-order valence-electron chi connectivity index (χ4n) is 2.45. The molecule has 144 valence electrons. The Hall–Kier alpha value is -2.83. The van der Waals surface area contributed by atoms with Gasteiger partial charge in [0.1, 0.15) is 11.5 Å². The number of nitrogens with zero attached hydrogens (tertiary/aromatic N) is 1. The summed E-state index contributed by atoms with van der Waals surface area (Å²) in [6.07, 6.45) is 0. The quantitative estimate of drug-likeness (QED) is 0.615. The van der Waals surface area contributed by atoms with E-state index < -0.39 is 0 Å². The van der Waals surface area contributed by atoms with Crippen molar-refractivity contribution < 1.29 is 14.3 Å². The van der Waals surface area contributed by atoms with Crippen LogP contribution in [-0.2, 0) is 11.3 Å². The van der Waals surface area contributed by atoms with Gasteiger partial charge in [-0.25, -0.2) is 0 Å². The largest absolute Gasteiger partial charge is 0.457 e. The highest BCUT2D eigenvalue weighted by atomic mass is 35.5. The van der Waals surface area contributed by atoms with Crippen molar-refractivity contribution in [2.24, 2.45) is 0 Å². The number of para-hydroxylation sites is 1. The molecule has 3 aromatic rings. The average molecular weight is 415 g/mol. The molecule has 0 fully saturated rings. The zero-order valence-corrected chi connectivity index (χ0v) is 16.8. The lowest BCUT2D eigenvalue weighted by Crippen LogP contribution is -2.37. The van der Waals surface area contributed by atoms with E-state index in [1.54, 1.807) is 42.3 Å². The van der Waals surface area contributed by atoms with E-state index in [-0.39, 0.29) is 18.4 Å². The van der Waals surface area contributed by atoms with Crippen molar-refractivity contribution in [2.75, 3.05) is 13.6 Å². The fourth-order valence-corrected chi connectivity index (χ4v) is 3.59. The van der Waals surface area contributed by atoms with Gasteiger partial charge in [-0.05, 0) is 48.5 Å². The van der Waals surface area contributed by atoms with Crippen LogP contribution < -0.4 is 10.1 Å². The molecule has 1 aromatic heterocycles. The Balaban J connectivity index is 1.49. The molecule has 5 nitrogen and oxygen atoms in total. The van der Waals surface area contributed by atoms with Gasteiger partial charge >= 0.3 is 0 Å². The van der Waals surface area contributed by atoms with Gasteiger partial charge in [-0.2, -0.15) is 0 Å². The minimum Gasteiger partial charge on any atom is -0.457 e. The van der Waals surface area contributed by atoms with Crippen LogP contribution >= 0.6 is 22.9 Å². The molecule has 0 saturated heterocycles. The van der Waals surface area contributed by atoms with E-state index in [2.05, 4.69) is 5.32 Å². The summed E-state index contributed by atoms with van der Waals surface area (Å²) in [6, 6.07) is 19.8. The highest BCUT2D eigenvalue weighted by molar-refractivity contribution is 7.16. The second kappa shape index (κ2) is 9.39. The van der Waals surface area contributed by atoms with Crippen molar-refractivity contribution in [3.63, 3.8) is 0 Å². The summed E-state index contributed by atoms with van der Waals surface area (Å²) in [5.74, 6) is 0.864. The summed E-state index contributed by atoms with van der Waals surface area (Å²) in [6.45, 7) is 0.383. The molecule has 0 atom stereocenters. The van der Waals surface area contributed by atoms with Gasteiger partial charge < -0.3 is 15.0 Å². The minimum atomic E-state index is -0.313.